The van der Waals surface area contributed by atoms with Crippen LogP contribution in [-0.2, 0) is 4.74 Å². The number of fused-ring (bicyclic) bond motifs is 1. The minimum Gasteiger partial charge on any atom is -0.394 e. The van der Waals surface area contributed by atoms with Crippen molar-refractivity contribution in [3.05, 3.63) is 28.9 Å². The van der Waals surface area contributed by atoms with Crippen LogP contribution in [0.15, 0.2) is 23.4 Å². The van der Waals surface area contributed by atoms with Crippen LogP contribution in [-0.4, -0.2) is 32.4 Å². The SMILES string of the molecule is O=c1[nH]cnc2c1ccn2C1CCC(CO)O1. The standard InChI is InChI=1S/C11H13N3O3/c15-5-7-1-2-9(17-7)14-4-3-8-10(14)12-6-13-11(8)16/h3-4,6-7,9,15H,1-2,5H2,(H,12,13,16). The van der Waals surface area contributed by atoms with Crippen LogP contribution in [0, 0.1) is 0 Å². The number of hydrogen-bond acceptors (Lipinski definition) is 4. The molecule has 1 aliphatic rings. The van der Waals surface area contributed by atoms with Gasteiger partial charge in [-0.3, -0.25) is 4.79 Å². The molecule has 0 radical (unpaired) electrons. The van der Waals surface area contributed by atoms with E-state index in [2.05, 4.69) is 9.97 Å². The van der Waals surface area contributed by atoms with Gasteiger partial charge in [-0.15, -0.1) is 0 Å². The summed E-state index contributed by atoms with van der Waals surface area (Å²) in [6, 6.07) is 1.73. The molecule has 1 saturated heterocycles. The summed E-state index contributed by atoms with van der Waals surface area (Å²) in [5.41, 5.74) is 0.475. The monoisotopic (exact) mass is 235 g/mol. The molecular weight excluding hydrogens is 222 g/mol. The Hall–Kier alpha value is -1.66. The van der Waals surface area contributed by atoms with Gasteiger partial charge in [0.05, 0.1) is 24.4 Å². The number of aliphatic hydroxyl groups excluding tert-OH is 1. The molecule has 2 atom stereocenters. The molecule has 0 bridgehead atoms. The van der Waals surface area contributed by atoms with Gasteiger partial charge in [-0.05, 0) is 18.9 Å². The van der Waals surface area contributed by atoms with Crippen LogP contribution in [0.2, 0.25) is 0 Å². The fourth-order valence-corrected chi connectivity index (χ4v) is 2.24. The first-order valence-corrected chi connectivity index (χ1v) is 5.60. The topological polar surface area (TPSA) is 80.1 Å². The van der Waals surface area contributed by atoms with Crippen molar-refractivity contribution in [1.82, 2.24) is 14.5 Å². The summed E-state index contributed by atoms with van der Waals surface area (Å²) in [6.07, 6.45) is 4.59. The van der Waals surface area contributed by atoms with E-state index in [1.807, 2.05) is 4.57 Å². The fourth-order valence-electron chi connectivity index (χ4n) is 2.24. The molecule has 3 heterocycles. The highest BCUT2D eigenvalue weighted by atomic mass is 16.5. The van der Waals surface area contributed by atoms with Gasteiger partial charge in [-0.1, -0.05) is 0 Å². The van der Waals surface area contributed by atoms with E-state index >= 15 is 0 Å². The van der Waals surface area contributed by atoms with E-state index in [1.54, 1.807) is 12.3 Å². The zero-order chi connectivity index (χ0) is 11.8. The predicted octanol–water partition coefficient (Wildman–Crippen LogP) is 0.394. The second-order valence-electron chi connectivity index (χ2n) is 4.16. The molecule has 0 aromatic carbocycles. The average molecular weight is 235 g/mol. The van der Waals surface area contributed by atoms with Crippen LogP contribution >= 0.6 is 0 Å². The maximum atomic E-state index is 11.5. The number of nitrogens with zero attached hydrogens (tertiary/aromatic N) is 2. The van der Waals surface area contributed by atoms with Crippen molar-refractivity contribution in [1.29, 1.82) is 0 Å². The Labute approximate surface area is 96.9 Å². The average Bonchev–Trinajstić information content (AvgIpc) is 2.94. The molecule has 1 aliphatic heterocycles. The Kier molecular flexibility index (Phi) is 2.45. The van der Waals surface area contributed by atoms with Gasteiger partial charge in [0, 0.05) is 6.20 Å². The van der Waals surface area contributed by atoms with Crippen molar-refractivity contribution in [3.8, 4) is 0 Å². The van der Waals surface area contributed by atoms with Crippen LogP contribution in [0.5, 0.6) is 0 Å². The molecule has 2 unspecified atom stereocenters. The second kappa shape index (κ2) is 3.97. The highest BCUT2D eigenvalue weighted by Gasteiger charge is 2.27. The van der Waals surface area contributed by atoms with E-state index in [4.69, 9.17) is 9.84 Å². The van der Waals surface area contributed by atoms with Crippen molar-refractivity contribution in [3.63, 3.8) is 0 Å². The van der Waals surface area contributed by atoms with Gasteiger partial charge in [-0.2, -0.15) is 0 Å². The smallest absolute Gasteiger partial charge is 0.260 e. The molecular formula is C11H13N3O3. The van der Waals surface area contributed by atoms with Gasteiger partial charge in [0.15, 0.2) is 0 Å². The van der Waals surface area contributed by atoms with Crippen LogP contribution in [0.3, 0.4) is 0 Å². The number of hydrogen-bond donors (Lipinski definition) is 2. The first-order valence-electron chi connectivity index (χ1n) is 5.60. The summed E-state index contributed by atoms with van der Waals surface area (Å²) in [7, 11) is 0. The third kappa shape index (κ3) is 1.65. The van der Waals surface area contributed by atoms with E-state index in [-0.39, 0.29) is 24.5 Å². The Morgan fingerprint density at radius 1 is 1.59 bits per heavy atom. The molecule has 0 aliphatic carbocycles. The first kappa shape index (κ1) is 10.5. The lowest BCUT2D eigenvalue weighted by Crippen LogP contribution is -2.14. The maximum Gasteiger partial charge on any atom is 0.260 e. The number of aliphatic hydroxyl groups is 1. The Morgan fingerprint density at radius 3 is 3.24 bits per heavy atom. The number of H-pyrrole nitrogens is 1. The largest absolute Gasteiger partial charge is 0.394 e. The molecule has 2 aromatic heterocycles. The predicted molar refractivity (Wildman–Crippen MR) is 60.6 cm³/mol. The third-order valence-corrected chi connectivity index (χ3v) is 3.11. The summed E-state index contributed by atoms with van der Waals surface area (Å²) < 4.78 is 7.51. The number of aromatic amines is 1. The first-order chi connectivity index (χ1) is 8.29. The summed E-state index contributed by atoms with van der Waals surface area (Å²) in [5, 5.41) is 9.59. The molecule has 17 heavy (non-hydrogen) atoms. The van der Waals surface area contributed by atoms with Crippen LogP contribution in [0.1, 0.15) is 19.1 Å². The van der Waals surface area contributed by atoms with Crippen molar-refractivity contribution >= 4 is 11.0 Å². The molecule has 2 aromatic rings. The van der Waals surface area contributed by atoms with Gasteiger partial charge in [0.25, 0.3) is 5.56 Å². The molecule has 0 spiro atoms. The van der Waals surface area contributed by atoms with Gasteiger partial charge in [-0.25, -0.2) is 4.98 Å². The Bertz CT molecular complexity index is 589. The number of aromatic nitrogens is 3. The van der Waals surface area contributed by atoms with E-state index in [1.165, 1.54) is 6.33 Å². The quantitative estimate of drug-likeness (QED) is 0.789. The lowest BCUT2D eigenvalue weighted by atomic mass is 10.2. The van der Waals surface area contributed by atoms with Gasteiger partial charge in [0.1, 0.15) is 11.9 Å². The summed E-state index contributed by atoms with van der Waals surface area (Å²) in [4.78, 5) is 18.2. The number of nitrogens with one attached hydrogen (secondary N) is 1. The van der Waals surface area contributed by atoms with E-state index in [0.29, 0.717) is 11.0 Å². The molecule has 6 nitrogen and oxygen atoms in total. The van der Waals surface area contributed by atoms with Crippen molar-refractivity contribution in [2.75, 3.05) is 6.61 Å². The van der Waals surface area contributed by atoms with Gasteiger partial charge < -0.3 is 19.4 Å². The molecule has 0 saturated carbocycles. The van der Waals surface area contributed by atoms with E-state index in [0.717, 1.165) is 12.8 Å². The van der Waals surface area contributed by atoms with Crippen molar-refractivity contribution < 1.29 is 9.84 Å². The lowest BCUT2D eigenvalue weighted by molar-refractivity contribution is -0.0204. The maximum absolute atomic E-state index is 11.5. The molecule has 0 amide bonds. The molecule has 90 valence electrons. The molecule has 6 heteroatoms. The molecule has 1 fully saturated rings. The van der Waals surface area contributed by atoms with Crippen LogP contribution in [0.25, 0.3) is 11.0 Å². The third-order valence-electron chi connectivity index (χ3n) is 3.11. The highest BCUT2D eigenvalue weighted by Crippen LogP contribution is 2.29. The van der Waals surface area contributed by atoms with E-state index < -0.39 is 0 Å². The van der Waals surface area contributed by atoms with Gasteiger partial charge >= 0.3 is 0 Å². The minimum absolute atomic E-state index is 0.0315. The number of rotatable bonds is 2. The van der Waals surface area contributed by atoms with Crippen molar-refractivity contribution in [2.24, 2.45) is 0 Å². The normalized spacial score (nSPS) is 24.5. The van der Waals surface area contributed by atoms with Gasteiger partial charge in [0.2, 0.25) is 0 Å². The molecule has 3 rings (SSSR count). The minimum atomic E-state index is -0.148. The Balaban J connectivity index is 2.02. The Morgan fingerprint density at radius 2 is 2.47 bits per heavy atom. The summed E-state index contributed by atoms with van der Waals surface area (Å²) in [5.74, 6) is 0. The molecule has 2 N–H and O–H groups in total. The highest BCUT2D eigenvalue weighted by molar-refractivity contribution is 5.74. The van der Waals surface area contributed by atoms with Crippen molar-refractivity contribution in [2.45, 2.75) is 25.2 Å². The zero-order valence-corrected chi connectivity index (χ0v) is 9.17. The zero-order valence-electron chi connectivity index (χ0n) is 9.17. The fraction of sp³-hybridized carbons (Fsp3) is 0.455. The number of ether oxygens (including phenoxy) is 1. The lowest BCUT2D eigenvalue weighted by Gasteiger charge is -2.14. The van der Waals surface area contributed by atoms with Crippen LogP contribution in [0.4, 0.5) is 0 Å². The second-order valence-corrected chi connectivity index (χ2v) is 4.16. The van der Waals surface area contributed by atoms with Crippen LogP contribution < -0.4 is 5.56 Å². The van der Waals surface area contributed by atoms with E-state index in [9.17, 15) is 4.79 Å². The summed E-state index contributed by atoms with van der Waals surface area (Å²) >= 11 is 0. The summed E-state index contributed by atoms with van der Waals surface area (Å²) in [6.45, 7) is 0.0315.